The lowest BCUT2D eigenvalue weighted by Gasteiger charge is -2.04. The smallest absolute Gasteiger partial charge is 0.0258 e. The van der Waals surface area contributed by atoms with Gasteiger partial charge < -0.3 is 0 Å². The lowest BCUT2D eigenvalue weighted by Crippen LogP contribution is -1.81. The van der Waals surface area contributed by atoms with Gasteiger partial charge in [0.2, 0.25) is 0 Å². The summed E-state index contributed by atoms with van der Waals surface area (Å²) in [7, 11) is 0. The molecule has 0 aromatic heterocycles. The monoisotopic (exact) mass is 230 g/mol. The number of hydrogen-bond donors (Lipinski definition) is 0. The Labute approximate surface area is 102 Å². The third-order valence-electron chi connectivity index (χ3n) is 2.76. The predicted molar refractivity (Wildman–Crippen MR) is 72.9 cm³/mol. The van der Waals surface area contributed by atoms with Gasteiger partial charge in [0.15, 0.2) is 0 Å². The normalized spacial score (nSPS) is 12.0. The number of alkyl halides is 1. The molecule has 0 radical (unpaired) electrons. The molecule has 0 spiro atoms. The Balaban J connectivity index is 2.39. The summed E-state index contributed by atoms with van der Waals surface area (Å²) in [6.45, 7) is 2.14. The fourth-order valence-electron chi connectivity index (χ4n) is 1.82. The molecule has 0 fully saturated rings. The fourth-order valence-corrected chi connectivity index (χ4v) is 1.93. The third kappa shape index (κ3) is 2.45. The van der Waals surface area contributed by atoms with Gasteiger partial charge in [0, 0.05) is 5.88 Å². The second kappa shape index (κ2) is 5.18. The van der Waals surface area contributed by atoms with E-state index in [0.717, 1.165) is 6.42 Å². The van der Waals surface area contributed by atoms with Gasteiger partial charge >= 0.3 is 0 Å². The molecule has 0 saturated heterocycles. The van der Waals surface area contributed by atoms with Gasteiger partial charge in [-0.15, -0.1) is 11.6 Å². The molecule has 0 saturated carbocycles. The molecule has 0 N–H and O–H groups in total. The highest BCUT2D eigenvalue weighted by Gasteiger charge is 1.97. The highest BCUT2D eigenvalue weighted by atomic mass is 35.5. The minimum absolute atomic E-state index is 0.685. The molecule has 0 bridgehead atoms. The minimum Gasteiger partial charge on any atom is -0.126 e. The van der Waals surface area contributed by atoms with Crippen molar-refractivity contribution in [3.05, 3.63) is 54.1 Å². The number of hydrogen-bond acceptors (Lipinski definition) is 0. The Kier molecular flexibility index (Phi) is 3.63. The van der Waals surface area contributed by atoms with Gasteiger partial charge in [-0.2, -0.15) is 0 Å². The number of allylic oxidation sites excluding steroid dienone is 2. The van der Waals surface area contributed by atoms with Crippen molar-refractivity contribution < 1.29 is 0 Å². The highest BCUT2D eigenvalue weighted by molar-refractivity contribution is 6.18. The van der Waals surface area contributed by atoms with Crippen LogP contribution in [0.5, 0.6) is 0 Å². The molecule has 1 heteroatoms. The van der Waals surface area contributed by atoms with Crippen LogP contribution in [0.3, 0.4) is 0 Å². The van der Waals surface area contributed by atoms with Crippen LogP contribution in [0.2, 0.25) is 0 Å². The van der Waals surface area contributed by atoms with Crippen LogP contribution < -0.4 is 0 Å². The van der Waals surface area contributed by atoms with Crippen LogP contribution in [0, 0.1) is 0 Å². The van der Waals surface area contributed by atoms with Crippen LogP contribution >= 0.6 is 11.6 Å². The van der Waals surface area contributed by atoms with Crippen molar-refractivity contribution >= 4 is 27.9 Å². The molecule has 2 aromatic carbocycles. The summed E-state index contributed by atoms with van der Waals surface area (Å²) in [5.41, 5.74) is 2.58. The van der Waals surface area contributed by atoms with E-state index in [1.165, 1.54) is 21.9 Å². The van der Waals surface area contributed by atoms with E-state index in [2.05, 4.69) is 55.5 Å². The second-order valence-electron chi connectivity index (χ2n) is 3.93. The maximum absolute atomic E-state index is 5.68. The zero-order valence-electron chi connectivity index (χ0n) is 9.41. The number of fused-ring (bicyclic) bond motifs is 1. The molecule has 2 aromatic rings. The lowest BCUT2D eigenvalue weighted by atomic mass is 10.0. The van der Waals surface area contributed by atoms with E-state index in [0.29, 0.717) is 5.88 Å². The number of rotatable bonds is 3. The first-order valence-electron chi connectivity index (χ1n) is 5.53. The van der Waals surface area contributed by atoms with E-state index in [-0.39, 0.29) is 0 Å². The summed E-state index contributed by atoms with van der Waals surface area (Å²) in [5, 5.41) is 2.58. The quantitative estimate of drug-likeness (QED) is 0.660. The molecule has 0 nitrogen and oxygen atoms in total. The van der Waals surface area contributed by atoms with Gasteiger partial charge in [-0.25, -0.2) is 0 Å². The van der Waals surface area contributed by atoms with Crippen LogP contribution in [-0.4, -0.2) is 5.88 Å². The molecule has 0 aliphatic heterocycles. The summed E-state index contributed by atoms with van der Waals surface area (Å²) in [6.07, 6.45) is 3.12. The maximum Gasteiger partial charge on any atom is 0.0258 e. The van der Waals surface area contributed by atoms with E-state index in [1.54, 1.807) is 0 Å². The van der Waals surface area contributed by atoms with Gasteiger partial charge in [0.05, 0.1) is 0 Å². The van der Waals surface area contributed by atoms with E-state index < -0.39 is 0 Å². The van der Waals surface area contributed by atoms with Gasteiger partial charge in [-0.05, 0) is 41.3 Å². The lowest BCUT2D eigenvalue weighted by molar-refractivity contribution is 1.23. The van der Waals surface area contributed by atoms with Gasteiger partial charge in [-0.3, -0.25) is 0 Å². The summed E-state index contributed by atoms with van der Waals surface area (Å²) in [5.74, 6) is 0.685. The van der Waals surface area contributed by atoms with E-state index >= 15 is 0 Å². The number of benzene rings is 2. The molecular formula is C15H15Cl. The molecule has 2 rings (SSSR count). The van der Waals surface area contributed by atoms with Crippen molar-refractivity contribution in [2.75, 3.05) is 5.88 Å². The SMILES string of the molecule is CC(=CCCCl)c1ccc2ccccc2c1. The minimum atomic E-state index is 0.685. The van der Waals surface area contributed by atoms with Crippen molar-refractivity contribution in [2.45, 2.75) is 13.3 Å². The van der Waals surface area contributed by atoms with Gasteiger partial charge in [-0.1, -0.05) is 42.5 Å². The average molecular weight is 231 g/mol. The Morgan fingerprint density at radius 1 is 1.12 bits per heavy atom. The van der Waals surface area contributed by atoms with Crippen molar-refractivity contribution in [3.63, 3.8) is 0 Å². The topological polar surface area (TPSA) is 0 Å². The van der Waals surface area contributed by atoms with Crippen LogP contribution in [0.4, 0.5) is 0 Å². The van der Waals surface area contributed by atoms with Crippen LogP contribution in [0.1, 0.15) is 18.9 Å². The Morgan fingerprint density at radius 3 is 2.62 bits per heavy atom. The van der Waals surface area contributed by atoms with E-state index in [9.17, 15) is 0 Å². The molecule has 0 unspecified atom stereocenters. The standard InChI is InChI=1S/C15H15Cl/c1-12(5-4-10-16)14-9-8-13-6-2-3-7-15(13)11-14/h2-3,5-9,11H,4,10H2,1H3. The van der Waals surface area contributed by atoms with Crippen molar-refractivity contribution in [1.29, 1.82) is 0 Å². The Morgan fingerprint density at radius 2 is 1.88 bits per heavy atom. The average Bonchev–Trinajstić information content (AvgIpc) is 2.35. The largest absolute Gasteiger partial charge is 0.126 e. The zero-order chi connectivity index (χ0) is 11.4. The molecular weight excluding hydrogens is 216 g/mol. The van der Waals surface area contributed by atoms with Gasteiger partial charge in [0.1, 0.15) is 0 Å². The number of halogens is 1. The Bertz CT molecular complexity index is 512. The summed E-state index contributed by atoms with van der Waals surface area (Å²) in [4.78, 5) is 0. The molecule has 0 aliphatic rings. The van der Waals surface area contributed by atoms with E-state index in [1.807, 2.05) is 0 Å². The molecule has 0 amide bonds. The van der Waals surface area contributed by atoms with E-state index in [4.69, 9.17) is 11.6 Å². The van der Waals surface area contributed by atoms with Crippen LogP contribution in [0.25, 0.3) is 16.3 Å². The van der Waals surface area contributed by atoms with Gasteiger partial charge in [0.25, 0.3) is 0 Å². The zero-order valence-corrected chi connectivity index (χ0v) is 10.2. The first kappa shape index (κ1) is 11.2. The first-order chi connectivity index (χ1) is 7.81. The summed E-state index contributed by atoms with van der Waals surface area (Å²) >= 11 is 5.68. The molecule has 0 aliphatic carbocycles. The molecule has 82 valence electrons. The molecule has 0 atom stereocenters. The first-order valence-corrected chi connectivity index (χ1v) is 6.06. The third-order valence-corrected chi connectivity index (χ3v) is 2.98. The maximum atomic E-state index is 5.68. The van der Waals surface area contributed by atoms with Crippen LogP contribution in [0.15, 0.2) is 48.5 Å². The highest BCUT2D eigenvalue weighted by Crippen LogP contribution is 2.21. The summed E-state index contributed by atoms with van der Waals surface area (Å²) < 4.78 is 0. The second-order valence-corrected chi connectivity index (χ2v) is 4.30. The molecule has 0 heterocycles. The molecule has 16 heavy (non-hydrogen) atoms. The van der Waals surface area contributed by atoms with Crippen molar-refractivity contribution in [2.24, 2.45) is 0 Å². The Hall–Kier alpha value is -1.27. The predicted octanol–water partition coefficient (Wildman–Crippen LogP) is 4.87. The van der Waals surface area contributed by atoms with Crippen molar-refractivity contribution in [1.82, 2.24) is 0 Å². The summed E-state index contributed by atoms with van der Waals surface area (Å²) in [6, 6.07) is 15.0. The van der Waals surface area contributed by atoms with Crippen molar-refractivity contribution in [3.8, 4) is 0 Å². The van der Waals surface area contributed by atoms with Crippen LogP contribution in [-0.2, 0) is 0 Å². The fraction of sp³-hybridized carbons (Fsp3) is 0.200.